The molecule has 26 heavy (non-hydrogen) atoms. The van der Waals surface area contributed by atoms with Crippen molar-refractivity contribution < 1.29 is 13.2 Å². The molecular weight excluding hydrogens is 352 g/mol. The molecule has 8 heteroatoms. The van der Waals surface area contributed by atoms with E-state index >= 15 is 0 Å². The fourth-order valence-electron chi connectivity index (χ4n) is 3.97. The molecule has 0 amide bonds. The first-order valence-corrected chi connectivity index (χ1v) is 10.9. The van der Waals surface area contributed by atoms with Gasteiger partial charge in [-0.25, -0.2) is 8.42 Å². The maximum absolute atomic E-state index is 12.3. The van der Waals surface area contributed by atoms with Crippen molar-refractivity contribution in [2.24, 2.45) is 0 Å². The minimum atomic E-state index is -3.27. The van der Waals surface area contributed by atoms with E-state index in [0.717, 1.165) is 48.2 Å². The lowest BCUT2D eigenvalue weighted by Gasteiger charge is -2.33. The van der Waals surface area contributed by atoms with Crippen molar-refractivity contribution in [1.29, 1.82) is 0 Å². The number of rotatable bonds is 4. The van der Waals surface area contributed by atoms with Crippen LogP contribution in [0.2, 0.25) is 0 Å². The number of fused-ring (bicyclic) bond motifs is 1. The van der Waals surface area contributed by atoms with Crippen molar-refractivity contribution in [1.82, 2.24) is 19.1 Å². The third kappa shape index (κ3) is 3.41. The lowest BCUT2D eigenvalue weighted by atomic mass is 9.97. The summed E-state index contributed by atoms with van der Waals surface area (Å²) in [5.41, 5.74) is 4.18. The highest BCUT2D eigenvalue weighted by Gasteiger charge is 2.35. The minimum absolute atomic E-state index is 0.190. The fourth-order valence-corrected chi connectivity index (χ4v) is 5.10. The average molecular weight is 376 g/mol. The molecule has 0 saturated carbocycles. The molecule has 1 saturated heterocycles. The molecule has 0 N–H and O–H groups in total. The Kier molecular flexibility index (Phi) is 4.81. The second-order valence-electron chi connectivity index (χ2n) is 7.02. The number of sulfonamides is 1. The van der Waals surface area contributed by atoms with E-state index in [1.165, 1.54) is 6.26 Å². The third-order valence-electron chi connectivity index (χ3n) is 5.18. The summed E-state index contributed by atoms with van der Waals surface area (Å²) in [7, 11) is -3.27. The predicted molar refractivity (Wildman–Crippen MR) is 97.1 cm³/mol. The highest BCUT2D eigenvalue weighted by Crippen LogP contribution is 2.36. The summed E-state index contributed by atoms with van der Waals surface area (Å²) in [6.45, 7) is 2.38. The van der Waals surface area contributed by atoms with Crippen LogP contribution in [-0.4, -0.2) is 46.9 Å². The molecule has 2 aromatic rings. The first-order chi connectivity index (χ1) is 12.5. The molecule has 4 rings (SSSR count). The van der Waals surface area contributed by atoms with Crippen molar-refractivity contribution in [3.63, 3.8) is 0 Å². The summed E-state index contributed by atoms with van der Waals surface area (Å²) in [5, 5.41) is 4.88. The molecule has 2 aromatic heterocycles. The van der Waals surface area contributed by atoms with E-state index in [1.54, 1.807) is 10.5 Å². The standard InChI is InChI=1S/C18H24N4O3S/c1-26(23,24)22-9-3-2-6-17(22)18-15-13-25-10-7-16(15)21(20-18)12-14-5-4-8-19-11-14/h4-5,8,11,17H,2-3,6-7,9-10,12-13H2,1H3. The van der Waals surface area contributed by atoms with Gasteiger partial charge in [-0.1, -0.05) is 12.5 Å². The number of aromatic nitrogens is 3. The summed E-state index contributed by atoms with van der Waals surface area (Å²) in [6, 6.07) is 3.76. The van der Waals surface area contributed by atoms with Crippen LogP contribution in [0.4, 0.5) is 0 Å². The summed E-state index contributed by atoms with van der Waals surface area (Å²) in [6.07, 6.45) is 8.42. The Bertz CT molecular complexity index is 879. The lowest BCUT2D eigenvalue weighted by Crippen LogP contribution is -2.38. The van der Waals surface area contributed by atoms with Gasteiger partial charge in [0.1, 0.15) is 0 Å². The Morgan fingerprint density at radius 2 is 2.23 bits per heavy atom. The second-order valence-corrected chi connectivity index (χ2v) is 8.95. The average Bonchev–Trinajstić information content (AvgIpc) is 3.01. The number of hydrogen-bond acceptors (Lipinski definition) is 5. The Balaban J connectivity index is 1.74. The van der Waals surface area contributed by atoms with E-state index in [2.05, 4.69) is 4.98 Å². The van der Waals surface area contributed by atoms with E-state index in [-0.39, 0.29) is 6.04 Å². The van der Waals surface area contributed by atoms with Crippen molar-refractivity contribution in [2.75, 3.05) is 19.4 Å². The van der Waals surface area contributed by atoms with E-state index < -0.39 is 10.0 Å². The first-order valence-electron chi connectivity index (χ1n) is 9.06. The summed E-state index contributed by atoms with van der Waals surface area (Å²) in [4.78, 5) is 4.18. The molecule has 4 heterocycles. The number of pyridine rings is 1. The van der Waals surface area contributed by atoms with Crippen molar-refractivity contribution in [2.45, 2.75) is 44.9 Å². The van der Waals surface area contributed by atoms with E-state index in [4.69, 9.17) is 9.84 Å². The van der Waals surface area contributed by atoms with Crippen LogP contribution in [0, 0.1) is 0 Å². The molecule has 7 nitrogen and oxygen atoms in total. The van der Waals surface area contributed by atoms with Gasteiger partial charge in [0.25, 0.3) is 0 Å². The molecule has 1 unspecified atom stereocenters. The Morgan fingerprint density at radius 1 is 1.35 bits per heavy atom. The summed E-state index contributed by atoms with van der Waals surface area (Å²) >= 11 is 0. The Morgan fingerprint density at radius 3 is 3.00 bits per heavy atom. The van der Waals surface area contributed by atoms with Gasteiger partial charge in [0, 0.05) is 36.6 Å². The number of ether oxygens (including phenoxy) is 1. The molecule has 0 bridgehead atoms. The zero-order chi connectivity index (χ0) is 18.1. The zero-order valence-corrected chi connectivity index (χ0v) is 15.8. The summed E-state index contributed by atoms with van der Waals surface area (Å²) in [5.74, 6) is 0. The van der Waals surface area contributed by atoms with Crippen LogP contribution >= 0.6 is 0 Å². The topological polar surface area (TPSA) is 77.3 Å². The van der Waals surface area contributed by atoms with Crippen LogP contribution in [0.15, 0.2) is 24.5 Å². The highest BCUT2D eigenvalue weighted by atomic mass is 32.2. The third-order valence-corrected chi connectivity index (χ3v) is 6.47. The largest absolute Gasteiger partial charge is 0.376 e. The molecule has 140 valence electrons. The van der Waals surface area contributed by atoms with Gasteiger partial charge in [0.2, 0.25) is 10.0 Å². The Labute approximate surface area is 154 Å². The van der Waals surface area contributed by atoms with Crippen LogP contribution in [0.3, 0.4) is 0 Å². The van der Waals surface area contributed by atoms with Crippen molar-refractivity contribution in [3.8, 4) is 0 Å². The predicted octanol–water partition coefficient (Wildman–Crippen LogP) is 1.89. The molecule has 0 aromatic carbocycles. The Hall–Kier alpha value is -1.77. The van der Waals surface area contributed by atoms with Gasteiger partial charge in [-0.15, -0.1) is 0 Å². The smallest absolute Gasteiger partial charge is 0.211 e. The normalized spacial score (nSPS) is 21.5. The quantitative estimate of drug-likeness (QED) is 0.814. The molecule has 2 aliphatic rings. The SMILES string of the molecule is CS(=O)(=O)N1CCCCC1c1nn(Cc2cccnc2)c2c1COCC2. The molecule has 0 spiro atoms. The van der Waals surface area contributed by atoms with E-state index in [0.29, 0.717) is 26.3 Å². The van der Waals surface area contributed by atoms with Gasteiger partial charge in [0.15, 0.2) is 0 Å². The van der Waals surface area contributed by atoms with Gasteiger partial charge in [-0.05, 0) is 24.5 Å². The fraction of sp³-hybridized carbons (Fsp3) is 0.556. The molecule has 1 atom stereocenters. The number of nitrogens with zero attached hydrogens (tertiary/aromatic N) is 4. The maximum atomic E-state index is 12.3. The van der Waals surface area contributed by atoms with E-state index in [1.807, 2.05) is 23.0 Å². The lowest BCUT2D eigenvalue weighted by molar-refractivity contribution is 0.107. The second kappa shape index (κ2) is 7.09. The molecular formula is C18H24N4O3S. The monoisotopic (exact) mass is 376 g/mol. The molecule has 2 aliphatic heterocycles. The summed E-state index contributed by atoms with van der Waals surface area (Å²) < 4.78 is 33.9. The maximum Gasteiger partial charge on any atom is 0.211 e. The first kappa shape index (κ1) is 17.6. The molecule has 0 aliphatic carbocycles. The van der Waals surface area contributed by atoms with Crippen molar-refractivity contribution in [3.05, 3.63) is 47.0 Å². The van der Waals surface area contributed by atoms with Crippen LogP contribution in [0.5, 0.6) is 0 Å². The number of piperidine rings is 1. The van der Waals surface area contributed by atoms with Crippen LogP contribution in [-0.2, 0) is 34.3 Å². The van der Waals surface area contributed by atoms with E-state index in [9.17, 15) is 8.42 Å². The minimum Gasteiger partial charge on any atom is -0.376 e. The van der Waals surface area contributed by atoms with Crippen LogP contribution < -0.4 is 0 Å². The van der Waals surface area contributed by atoms with Gasteiger partial charge in [-0.2, -0.15) is 9.40 Å². The van der Waals surface area contributed by atoms with Crippen LogP contribution in [0.25, 0.3) is 0 Å². The van der Waals surface area contributed by atoms with Gasteiger partial charge >= 0.3 is 0 Å². The van der Waals surface area contributed by atoms with Gasteiger partial charge < -0.3 is 4.74 Å². The van der Waals surface area contributed by atoms with Crippen molar-refractivity contribution >= 4 is 10.0 Å². The number of hydrogen-bond donors (Lipinski definition) is 0. The van der Waals surface area contributed by atoms with Crippen LogP contribution in [0.1, 0.15) is 47.8 Å². The zero-order valence-electron chi connectivity index (χ0n) is 15.0. The highest BCUT2D eigenvalue weighted by molar-refractivity contribution is 7.88. The van der Waals surface area contributed by atoms with Gasteiger partial charge in [0.05, 0.1) is 37.8 Å². The molecule has 0 radical (unpaired) electrons. The molecule has 1 fully saturated rings. The van der Waals surface area contributed by atoms with Gasteiger partial charge in [-0.3, -0.25) is 9.67 Å².